The fourth-order valence-corrected chi connectivity index (χ4v) is 3.25. The quantitative estimate of drug-likeness (QED) is 0.595. The number of fused-ring (bicyclic) bond motifs is 1. The van der Waals surface area contributed by atoms with Crippen LogP contribution in [0.1, 0.15) is 16.7 Å². The van der Waals surface area contributed by atoms with E-state index in [4.69, 9.17) is 4.74 Å². The zero-order valence-corrected chi connectivity index (χ0v) is 15.9. The number of hydrogen-bond acceptors (Lipinski definition) is 6. The summed E-state index contributed by atoms with van der Waals surface area (Å²) in [4.78, 5) is 3.96. The summed E-state index contributed by atoms with van der Waals surface area (Å²) in [5.41, 5.74) is -0.722. The van der Waals surface area contributed by atoms with Crippen LogP contribution in [0, 0.1) is 5.82 Å². The molecule has 1 atom stereocenters. The van der Waals surface area contributed by atoms with Gasteiger partial charge in [-0.05, 0) is 29.7 Å². The average molecular weight is 452 g/mol. The monoisotopic (exact) mass is 452 g/mol. The molecule has 1 aromatic heterocycles. The zero-order valence-electron chi connectivity index (χ0n) is 15.9. The summed E-state index contributed by atoms with van der Waals surface area (Å²) in [6.45, 7) is -4.76. The van der Waals surface area contributed by atoms with Crippen molar-refractivity contribution < 1.29 is 45.7 Å². The summed E-state index contributed by atoms with van der Waals surface area (Å²) in [7, 11) is 0. The molecule has 0 radical (unpaired) electrons. The van der Waals surface area contributed by atoms with E-state index in [-0.39, 0.29) is 36.6 Å². The van der Waals surface area contributed by atoms with E-state index < -0.39 is 43.3 Å². The number of aliphatic hydroxyl groups is 1. The van der Waals surface area contributed by atoms with Crippen LogP contribution < -0.4 is 10.1 Å². The maximum Gasteiger partial charge on any atom is 0.522 e. The van der Waals surface area contributed by atoms with Crippen LogP contribution in [0.25, 0.3) is 0 Å². The van der Waals surface area contributed by atoms with E-state index in [0.717, 1.165) is 12.3 Å². The fourth-order valence-electron chi connectivity index (χ4n) is 3.25. The van der Waals surface area contributed by atoms with Gasteiger partial charge in [0.1, 0.15) is 11.4 Å². The summed E-state index contributed by atoms with van der Waals surface area (Å²) in [6, 6.07) is 5.29. The third kappa shape index (κ3) is 5.57. The van der Waals surface area contributed by atoms with Gasteiger partial charge in [-0.3, -0.25) is 4.74 Å². The van der Waals surface area contributed by atoms with Gasteiger partial charge < -0.3 is 19.9 Å². The van der Waals surface area contributed by atoms with Crippen LogP contribution in [0.5, 0.6) is 5.75 Å². The Morgan fingerprint density at radius 2 is 2.06 bits per heavy atom. The molecule has 0 fully saturated rings. The molecule has 0 aliphatic carbocycles. The molecular weight excluding hydrogens is 434 g/mol. The molecule has 0 bridgehead atoms. The molecule has 31 heavy (non-hydrogen) atoms. The Morgan fingerprint density at radius 3 is 2.74 bits per heavy atom. The van der Waals surface area contributed by atoms with Crippen molar-refractivity contribution in [3.05, 3.63) is 53.0 Å². The highest BCUT2D eigenvalue weighted by molar-refractivity contribution is 5.55. The molecule has 0 spiro atoms. The number of ether oxygens (including phenoxy) is 3. The number of nitrogens with zero attached hydrogens (tertiary/aromatic N) is 1. The van der Waals surface area contributed by atoms with Crippen molar-refractivity contribution in [2.24, 2.45) is 0 Å². The van der Waals surface area contributed by atoms with Gasteiger partial charge in [-0.15, -0.1) is 13.2 Å². The SMILES string of the molecule is OCC1(Nc2ncc(CCOC(F)(F)F)cc2OC(F)F)COCc2c(F)cccc21. The average Bonchev–Trinajstić information content (AvgIpc) is 2.69. The second-order valence-electron chi connectivity index (χ2n) is 6.74. The minimum Gasteiger partial charge on any atom is -0.431 e. The zero-order chi connectivity index (χ0) is 22.6. The number of halogens is 6. The van der Waals surface area contributed by atoms with Gasteiger partial charge in [-0.25, -0.2) is 9.37 Å². The predicted octanol–water partition coefficient (Wildman–Crippen LogP) is 3.73. The summed E-state index contributed by atoms with van der Waals surface area (Å²) in [5, 5.41) is 12.8. The molecule has 3 rings (SSSR count). The minimum atomic E-state index is -4.83. The molecule has 2 heterocycles. The van der Waals surface area contributed by atoms with E-state index in [1.165, 1.54) is 12.1 Å². The highest BCUT2D eigenvalue weighted by atomic mass is 19.4. The number of aromatic nitrogens is 1. The minimum absolute atomic E-state index is 0.0442. The maximum atomic E-state index is 14.2. The second kappa shape index (κ2) is 9.28. The number of anilines is 1. The van der Waals surface area contributed by atoms with Crippen molar-refractivity contribution in [2.45, 2.75) is 31.5 Å². The highest BCUT2D eigenvalue weighted by Gasteiger charge is 2.39. The van der Waals surface area contributed by atoms with Gasteiger partial charge in [0.15, 0.2) is 11.6 Å². The predicted molar refractivity (Wildman–Crippen MR) is 95.0 cm³/mol. The molecule has 0 amide bonds. The van der Waals surface area contributed by atoms with Gasteiger partial charge in [-0.1, -0.05) is 12.1 Å². The van der Waals surface area contributed by atoms with Crippen molar-refractivity contribution >= 4 is 5.82 Å². The molecule has 0 saturated heterocycles. The van der Waals surface area contributed by atoms with Crippen LogP contribution in [0.2, 0.25) is 0 Å². The van der Waals surface area contributed by atoms with Crippen molar-refractivity contribution in [3.63, 3.8) is 0 Å². The topological polar surface area (TPSA) is 72.8 Å². The lowest BCUT2D eigenvalue weighted by Crippen LogP contribution is -2.47. The Kier molecular flexibility index (Phi) is 6.92. The second-order valence-corrected chi connectivity index (χ2v) is 6.74. The van der Waals surface area contributed by atoms with E-state index in [1.807, 2.05) is 0 Å². The lowest BCUT2D eigenvalue weighted by atomic mass is 9.85. The number of benzene rings is 1. The van der Waals surface area contributed by atoms with E-state index in [0.29, 0.717) is 5.56 Å². The van der Waals surface area contributed by atoms with E-state index >= 15 is 0 Å². The smallest absolute Gasteiger partial charge is 0.431 e. The third-order valence-corrected chi connectivity index (χ3v) is 4.64. The number of pyridine rings is 1. The Labute approximate surface area is 172 Å². The Morgan fingerprint density at radius 1 is 1.29 bits per heavy atom. The Balaban J connectivity index is 1.90. The van der Waals surface area contributed by atoms with Crippen molar-refractivity contribution in [2.75, 3.05) is 25.1 Å². The van der Waals surface area contributed by atoms with Crippen LogP contribution in [0.15, 0.2) is 30.5 Å². The summed E-state index contributed by atoms with van der Waals surface area (Å²) >= 11 is 0. The first kappa shape index (κ1) is 23.1. The van der Waals surface area contributed by atoms with Gasteiger partial charge in [0.2, 0.25) is 0 Å². The van der Waals surface area contributed by atoms with Gasteiger partial charge in [0.05, 0.1) is 26.4 Å². The van der Waals surface area contributed by atoms with Crippen molar-refractivity contribution in [1.29, 1.82) is 0 Å². The number of rotatable bonds is 8. The molecule has 1 aliphatic rings. The van der Waals surface area contributed by atoms with Gasteiger partial charge >= 0.3 is 13.0 Å². The van der Waals surface area contributed by atoms with Crippen molar-refractivity contribution in [1.82, 2.24) is 4.98 Å². The van der Waals surface area contributed by atoms with Gasteiger partial charge in [-0.2, -0.15) is 8.78 Å². The van der Waals surface area contributed by atoms with Gasteiger partial charge in [0.25, 0.3) is 0 Å². The summed E-state index contributed by atoms with van der Waals surface area (Å²) in [6.07, 6.45) is -3.94. The number of nitrogens with one attached hydrogen (secondary N) is 1. The van der Waals surface area contributed by atoms with Crippen molar-refractivity contribution in [3.8, 4) is 5.75 Å². The fraction of sp³-hybridized carbons (Fsp3) is 0.421. The van der Waals surface area contributed by atoms with Crippen LogP contribution in [-0.2, 0) is 28.0 Å². The summed E-state index contributed by atoms with van der Waals surface area (Å²) in [5.74, 6) is -1.25. The first-order valence-corrected chi connectivity index (χ1v) is 9.02. The molecule has 2 N–H and O–H groups in total. The molecular formula is C19H18F6N2O4. The van der Waals surface area contributed by atoms with E-state index in [1.54, 1.807) is 6.07 Å². The van der Waals surface area contributed by atoms with E-state index in [2.05, 4.69) is 19.8 Å². The van der Waals surface area contributed by atoms with E-state index in [9.17, 15) is 31.4 Å². The van der Waals surface area contributed by atoms with Crippen LogP contribution in [0.3, 0.4) is 0 Å². The highest BCUT2D eigenvalue weighted by Crippen LogP contribution is 2.37. The molecule has 1 aromatic carbocycles. The van der Waals surface area contributed by atoms with Gasteiger partial charge in [0, 0.05) is 11.8 Å². The first-order chi connectivity index (χ1) is 14.6. The normalized spacial score (nSPS) is 18.7. The Bertz CT molecular complexity index is 911. The largest absolute Gasteiger partial charge is 0.522 e. The molecule has 2 aromatic rings. The van der Waals surface area contributed by atoms with Crippen LogP contribution >= 0.6 is 0 Å². The molecule has 1 aliphatic heterocycles. The maximum absolute atomic E-state index is 14.2. The first-order valence-electron chi connectivity index (χ1n) is 9.02. The summed E-state index contributed by atoms with van der Waals surface area (Å²) < 4.78 is 89.9. The third-order valence-electron chi connectivity index (χ3n) is 4.64. The molecule has 6 nitrogen and oxygen atoms in total. The number of aliphatic hydroxyl groups excluding tert-OH is 1. The Hall–Kier alpha value is -2.57. The lowest BCUT2D eigenvalue weighted by Gasteiger charge is -2.39. The number of hydrogen-bond donors (Lipinski definition) is 2. The molecule has 12 heteroatoms. The molecule has 0 saturated carbocycles. The lowest BCUT2D eigenvalue weighted by molar-refractivity contribution is -0.324. The van der Waals surface area contributed by atoms with Crippen LogP contribution in [-0.4, -0.2) is 42.9 Å². The molecule has 170 valence electrons. The van der Waals surface area contributed by atoms with Crippen LogP contribution in [0.4, 0.5) is 32.2 Å². The standard InChI is InChI=1S/C19H18F6N2O4/c20-14-3-1-2-13-12(14)8-29-10-18(13,9-28)27-16-15(31-17(21)22)6-11(7-26-16)4-5-30-19(23,24)25/h1-3,6-7,17,28H,4-5,8-10H2,(H,26,27). The number of alkyl halides is 5. The molecule has 1 unspecified atom stereocenters.